The van der Waals surface area contributed by atoms with E-state index in [9.17, 15) is 4.79 Å². The predicted molar refractivity (Wildman–Crippen MR) is 59.8 cm³/mol. The highest BCUT2D eigenvalue weighted by Crippen LogP contribution is 2.07. The third-order valence-corrected chi connectivity index (χ3v) is 3.57. The first-order valence-electron chi connectivity index (χ1n) is 4.29. The molecule has 2 unspecified atom stereocenters. The second-order valence-electron chi connectivity index (χ2n) is 3.18. The zero-order valence-corrected chi connectivity index (χ0v) is 10.4. The Morgan fingerprint density at radius 3 is 2.93 bits per heavy atom. The van der Waals surface area contributed by atoms with Crippen LogP contribution in [0.5, 0.6) is 0 Å². The lowest BCUT2D eigenvalue weighted by Gasteiger charge is -2.18. The molecule has 2 atom stereocenters. The molecule has 14 heavy (non-hydrogen) atoms. The fourth-order valence-electron chi connectivity index (χ4n) is 0.820. The van der Waals surface area contributed by atoms with Crippen LogP contribution in [0, 0.1) is 5.92 Å². The lowest BCUT2D eigenvalue weighted by atomic mass is 10.1. The Labute approximate surface area is 95.4 Å². The number of hydrogen-bond donors (Lipinski definition) is 1. The number of amides is 1. The highest BCUT2D eigenvalue weighted by Gasteiger charge is 2.16. The van der Waals surface area contributed by atoms with Gasteiger partial charge in [0, 0.05) is 16.8 Å². The molecule has 1 amide bonds. The second-order valence-corrected chi connectivity index (χ2v) is 4.44. The van der Waals surface area contributed by atoms with Crippen molar-refractivity contribution >= 4 is 33.4 Å². The molecule has 78 valence electrons. The van der Waals surface area contributed by atoms with Crippen LogP contribution in [-0.2, 0) is 0 Å². The number of halogens is 1. The minimum Gasteiger partial charge on any atom is -0.348 e. The van der Waals surface area contributed by atoms with Crippen molar-refractivity contribution in [1.29, 1.82) is 0 Å². The molecule has 1 N–H and O–H groups in total. The molecule has 4 nitrogen and oxygen atoms in total. The molecule has 1 heterocycles. The molecule has 1 rings (SSSR count). The maximum absolute atomic E-state index is 11.5. The molecular weight excluding hydrogens is 266 g/mol. The smallest absolute Gasteiger partial charge is 0.272 e. The molecule has 0 fully saturated rings. The van der Waals surface area contributed by atoms with Crippen molar-refractivity contribution in [2.45, 2.75) is 19.9 Å². The normalized spacial score (nSPS) is 14.8. The van der Waals surface area contributed by atoms with E-state index >= 15 is 0 Å². The molecule has 1 aromatic heterocycles. The molecule has 1 aromatic rings. The highest BCUT2D eigenvalue weighted by atomic mass is 79.9. The topological polar surface area (TPSA) is 54.9 Å². The Hall–Kier alpha value is -0.490. The number of aromatic nitrogens is 2. The average molecular weight is 278 g/mol. The summed E-state index contributed by atoms with van der Waals surface area (Å²) < 4.78 is 3.64. The Bertz CT molecular complexity index is 291. The molecule has 0 spiro atoms. The number of alkyl halides is 1. The SMILES string of the molecule is CC(CBr)C(C)NC(=O)c1csnn1. The lowest BCUT2D eigenvalue weighted by molar-refractivity contribution is 0.0926. The van der Waals surface area contributed by atoms with E-state index in [0.29, 0.717) is 11.6 Å². The summed E-state index contributed by atoms with van der Waals surface area (Å²) in [6.45, 7) is 4.04. The van der Waals surface area contributed by atoms with Crippen molar-refractivity contribution < 1.29 is 4.79 Å². The van der Waals surface area contributed by atoms with Gasteiger partial charge in [0.2, 0.25) is 0 Å². The van der Waals surface area contributed by atoms with Crippen molar-refractivity contribution in [1.82, 2.24) is 14.9 Å². The van der Waals surface area contributed by atoms with Gasteiger partial charge >= 0.3 is 0 Å². The summed E-state index contributed by atoms with van der Waals surface area (Å²) in [6, 6.07) is 0.128. The Morgan fingerprint density at radius 1 is 1.71 bits per heavy atom. The van der Waals surface area contributed by atoms with E-state index in [-0.39, 0.29) is 11.9 Å². The highest BCUT2D eigenvalue weighted by molar-refractivity contribution is 9.09. The van der Waals surface area contributed by atoms with E-state index < -0.39 is 0 Å². The molecule has 0 saturated carbocycles. The van der Waals surface area contributed by atoms with E-state index in [2.05, 4.69) is 37.8 Å². The van der Waals surface area contributed by atoms with Crippen molar-refractivity contribution in [3.05, 3.63) is 11.1 Å². The van der Waals surface area contributed by atoms with Crippen LogP contribution in [0.15, 0.2) is 5.38 Å². The van der Waals surface area contributed by atoms with Crippen LogP contribution >= 0.6 is 27.5 Å². The number of carbonyl (C=O) groups excluding carboxylic acids is 1. The van der Waals surface area contributed by atoms with Crippen molar-refractivity contribution in [3.8, 4) is 0 Å². The van der Waals surface area contributed by atoms with E-state index in [1.165, 1.54) is 11.5 Å². The summed E-state index contributed by atoms with van der Waals surface area (Å²) in [7, 11) is 0. The van der Waals surface area contributed by atoms with Crippen LogP contribution in [-0.4, -0.2) is 26.9 Å². The van der Waals surface area contributed by atoms with Crippen LogP contribution in [0.1, 0.15) is 24.3 Å². The minimum absolute atomic E-state index is 0.128. The molecule has 0 radical (unpaired) electrons. The first kappa shape index (κ1) is 11.6. The predicted octanol–water partition coefficient (Wildman–Crippen LogP) is 1.69. The van der Waals surface area contributed by atoms with E-state index in [1.54, 1.807) is 5.38 Å². The van der Waals surface area contributed by atoms with Crippen LogP contribution in [0.4, 0.5) is 0 Å². The Morgan fingerprint density at radius 2 is 2.43 bits per heavy atom. The maximum Gasteiger partial charge on any atom is 0.272 e. The van der Waals surface area contributed by atoms with Crippen LogP contribution in [0.2, 0.25) is 0 Å². The molecule has 0 bridgehead atoms. The van der Waals surface area contributed by atoms with Gasteiger partial charge in [-0.05, 0) is 24.4 Å². The molecule has 0 aromatic carbocycles. The van der Waals surface area contributed by atoms with Gasteiger partial charge < -0.3 is 5.32 Å². The van der Waals surface area contributed by atoms with Gasteiger partial charge in [-0.15, -0.1) is 5.10 Å². The summed E-state index contributed by atoms with van der Waals surface area (Å²) in [5.74, 6) is 0.240. The quantitative estimate of drug-likeness (QED) is 0.853. The van der Waals surface area contributed by atoms with E-state index in [0.717, 1.165) is 5.33 Å². The number of hydrogen-bond acceptors (Lipinski definition) is 4. The summed E-state index contributed by atoms with van der Waals surface area (Å²) in [4.78, 5) is 11.5. The Balaban J connectivity index is 2.49. The first-order valence-corrected chi connectivity index (χ1v) is 6.24. The van der Waals surface area contributed by atoms with Crippen LogP contribution in [0.3, 0.4) is 0 Å². The number of carbonyl (C=O) groups is 1. The summed E-state index contributed by atoms with van der Waals surface area (Å²) >= 11 is 4.55. The van der Waals surface area contributed by atoms with Gasteiger partial charge in [0.1, 0.15) is 0 Å². The second kappa shape index (κ2) is 5.41. The van der Waals surface area contributed by atoms with E-state index in [1.807, 2.05) is 6.92 Å². The zero-order valence-electron chi connectivity index (χ0n) is 8.03. The fraction of sp³-hybridized carbons (Fsp3) is 0.625. The maximum atomic E-state index is 11.5. The van der Waals surface area contributed by atoms with Gasteiger partial charge in [-0.25, -0.2) is 0 Å². The van der Waals surface area contributed by atoms with Gasteiger partial charge in [0.05, 0.1) is 0 Å². The van der Waals surface area contributed by atoms with Gasteiger partial charge in [0.25, 0.3) is 5.91 Å². The van der Waals surface area contributed by atoms with Crippen LogP contribution < -0.4 is 5.32 Å². The van der Waals surface area contributed by atoms with Gasteiger partial charge in [-0.3, -0.25) is 4.79 Å². The van der Waals surface area contributed by atoms with Gasteiger partial charge in [-0.1, -0.05) is 27.3 Å². The average Bonchev–Trinajstić information content (AvgIpc) is 2.69. The molecule has 0 aliphatic heterocycles. The number of rotatable bonds is 4. The van der Waals surface area contributed by atoms with Crippen molar-refractivity contribution in [2.24, 2.45) is 5.92 Å². The minimum atomic E-state index is -0.154. The summed E-state index contributed by atoms with van der Waals surface area (Å²) in [5.41, 5.74) is 0.392. The Kier molecular flexibility index (Phi) is 4.47. The van der Waals surface area contributed by atoms with Crippen molar-refractivity contribution in [3.63, 3.8) is 0 Å². The molecule has 0 aliphatic carbocycles. The van der Waals surface area contributed by atoms with E-state index in [4.69, 9.17) is 0 Å². The summed E-state index contributed by atoms with van der Waals surface area (Å²) in [6.07, 6.45) is 0. The number of nitrogens with zero attached hydrogens (tertiary/aromatic N) is 2. The molecular formula is C8H12BrN3OS. The summed E-state index contributed by atoms with van der Waals surface area (Å²) in [5, 5.41) is 9.07. The van der Waals surface area contributed by atoms with Crippen LogP contribution in [0.25, 0.3) is 0 Å². The van der Waals surface area contributed by atoms with Gasteiger partial charge in [0.15, 0.2) is 5.69 Å². The van der Waals surface area contributed by atoms with Crippen molar-refractivity contribution in [2.75, 3.05) is 5.33 Å². The monoisotopic (exact) mass is 277 g/mol. The molecule has 6 heteroatoms. The zero-order chi connectivity index (χ0) is 10.6. The molecule has 0 saturated heterocycles. The lowest BCUT2D eigenvalue weighted by Crippen LogP contribution is -2.37. The van der Waals surface area contributed by atoms with Gasteiger partial charge in [-0.2, -0.15) is 0 Å². The largest absolute Gasteiger partial charge is 0.348 e. The fourth-order valence-corrected chi connectivity index (χ4v) is 1.82. The third-order valence-electron chi connectivity index (χ3n) is 2.05. The number of nitrogens with one attached hydrogen (secondary N) is 1. The standard InChI is InChI=1S/C8H12BrN3OS/c1-5(3-9)6(2)10-8(13)7-4-14-12-11-7/h4-6H,3H2,1-2H3,(H,10,13). The third kappa shape index (κ3) is 3.02. The molecule has 0 aliphatic rings. The first-order chi connectivity index (χ1) is 6.65.